The summed E-state index contributed by atoms with van der Waals surface area (Å²) >= 11 is 5.63. The van der Waals surface area contributed by atoms with E-state index in [4.69, 9.17) is 11.6 Å². The number of halogens is 1. The molecule has 0 spiro atoms. The quantitative estimate of drug-likeness (QED) is 0.521. The molecule has 0 aliphatic heterocycles. The Morgan fingerprint density at radius 1 is 1.67 bits per heavy atom. The highest BCUT2D eigenvalue weighted by Crippen LogP contribution is 2.19. The van der Waals surface area contributed by atoms with Crippen molar-refractivity contribution in [1.82, 2.24) is 4.98 Å². The van der Waals surface area contributed by atoms with Crippen LogP contribution >= 0.6 is 11.6 Å². The predicted molar refractivity (Wildman–Crippen MR) is 41.6 cm³/mol. The monoisotopic (exact) mass is 187 g/mol. The summed E-state index contributed by atoms with van der Waals surface area (Å²) in [7, 11) is 0. The highest BCUT2D eigenvalue weighted by molar-refractivity contribution is 6.31. The summed E-state index contributed by atoms with van der Waals surface area (Å²) in [6.45, 7) is 1.22. The Hall–Kier alpha value is -1.29. The maximum Gasteiger partial charge on any atom is 0.352 e. The second-order valence-electron chi connectivity index (χ2n) is 1.95. The Morgan fingerprint density at radius 2 is 2.42 bits per heavy atom. The smallest absolute Gasteiger partial charge is 0.264 e. The number of hydrogen-bond donors (Lipinski definition) is 0. The third kappa shape index (κ3) is 2.39. The fourth-order valence-corrected chi connectivity index (χ4v) is 0.684. The fourth-order valence-electron chi connectivity index (χ4n) is 0.531. The number of hydrogen-bond acceptors (Lipinski definition) is 4. The van der Waals surface area contributed by atoms with Crippen molar-refractivity contribution in [3.8, 4) is 5.88 Å². The van der Waals surface area contributed by atoms with E-state index in [0.717, 1.165) is 0 Å². The molecule has 0 radical (unpaired) electrons. The van der Waals surface area contributed by atoms with Crippen LogP contribution in [0.15, 0.2) is 18.3 Å². The van der Waals surface area contributed by atoms with Crippen LogP contribution in [-0.4, -0.2) is 11.0 Å². The first-order chi connectivity index (χ1) is 5.70. The van der Waals surface area contributed by atoms with Crippen LogP contribution in [0, 0.1) is 0 Å². The van der Waals surface area contributed by atoms with Crippen LogP contribution < -0.4 is 4.89 Å². The minimum Gasteiger partial charge on any atom is -0.264 e. The van der Waals surface area contributed by atoms with Gasteiger partial charge in [-0.1, -0.05) is 11.6 Å². The lowest BCUT2D eigenvalue weighted by atomic mass is 10.5. The molecule has 0 amide bonds. The van der Waals surface area contributed by atoms with E-state index in [0.29, 0.717) is 5.02 Å². The van der Waals surface area contributed by atoms with Crippen LogP contribution in [0.5, 0.6) is 5.88 Å². The zero-order valence-corrected chi connectivity index (χ0v) is 7.04. The van der Waals surface area contributed by atoms with Crippen molar-refractivity contribution in [1.29, 1.82) is 0 Å². The van der Waals surface area contributed by atoms with E-state index in [1.165, 1.54) is 13.1 Å². The van der Waals surface area contributed by atoms with Gasteiger partial charge in [-0.15, -0.1) is 0 Å². The van der Waals surface area contributed by atoms with Gasteiger partial charge >= 0.3 is 5.97 Å². The number of pyridine rings is 1. The van der Waals surface area contributed by atoms with Gasteiger partial charge in [0, 0.05) is 13.1 Å². The van der Waals surface area contributed by atoms with Crippen molar-refractivity contribution in [2.45, 2.75) is 6.92 Å². The first kappa shape index (κ1) is 8.80. The van der Waals surface area contributed by atoms with E-state index in [2.05, 4.69) is 14.8 Å². The molecule has 64 valence electrons. The fraction of sp³-hybridized carbons (Fsp3) is 0.143. The number of carbonyl (C=O) groups excluding carboxylic acids is 1. The molecule has 0 aliphatic rings. The average molecular weight is 188 g/mol. The molecule has 0 N–H and O–H groups in total. The largest absolute Gasteiger partial charge is 0.352 e. The van der Waals surface area contributed by atoms with Crippen molar-refractivity contribution >= 4 is 17.6 Å². The highest BCUT2D eigenvalue weighted by Gasteiger charge is 2.03. The lowest BCUT2D eigenvalue weighted by Gasteiger charge is -2.01. The molecular weight excluding hydrogens is 182 g/mol. The van der Waals surface area contributed by atoms with Crippen molar-refractivity contribution in [2.24, 2.45) is 0 Å². The molecule has 4 nitrogen and oxygen atoms in total. The molecule has 0 atom stereocenters. The lowest BCUT2D eigenvalue weighted by Crippen LogP contribution is -2.04. The van der Waals surface area contributed by atoms with Crippen LogP contribution in [-0.2, 0) is 9.68 Å². The first-order valence-electron chi connectivity index (χ1n) is 3.16. The van der Waals surface area contributed by atoms with Crippen molar-refractivity contribution in [3.63, 3.8) is 0 Å². The summed E-state index contributed by atoms with van der Waals surface area (Å²) in [5.74, 6) is -0.480. The van der Waals surface area contributed by atoms with Gasteiger partial charge in [0.1, 0.15) is 5.02 Å². The minimum absolute atomic E-state index is 0.0781. The summed E-state index contributed by atoms with van der Waals surface area (Å²) in [4.78, 5) is 22.8. The summed E-state index contributed by atoms with van der Waals surface area (Å²) in [6.07, 6.45) is 1.48. The number of nitrogens with zero attached hydrogens (tertiary/aromatic N) is 1. The normalized spacial score (nSPS) is 9.17. The van der Waals surface area contributed by atoms with Crippen molar-refractivity contribution < 1.29 is 14.6 Å². The second kappa shape index (κ2) is 3.92. The van der Waals surface area contributed by atoms with Crippen LogP contribution in [0.2, 0.25) is 5.02 Å². The second-order valence-corrected chi connectivity index (χ2v) is 2.36. The maximum atomic E-state index is 10.3. The van der Waals surface area contributed by atoms with Crippen LogP contribution in [0.1, 0.15) is 6.92 Å². The molecule has 1 heterocycles. The lowest BCUT2D eigenvalue weighted by molar-refractivity contribution is -0.212. The van der Waals surface area contributed by atoms with Crippen LogP contribution in [0.25, 0.3) is 0 Å². The zero-order valence-electron chi connectivity index (χ0n) is 6.28. The molecule has 0 fully saturated rings. The van der Waals surface area contributed by atoms with Gasteiger partial charge in [-0.2, -0.15) is 0 Å². The van der Waals surface area contributed by atoms with Gasteiger partial charge < -0.3 is 0 Å². The molecule has 1 aromatic rings. The third-order valence-corrected chi connectivity index (χ3v) is 1.25. The van der Waals surface area contributed by atoms with Gasteiger partial charge in [0.05, 0.1) is 0 Å². The maximum absolute atomic E-state index is 10.3. The Kier molecular flexibility index (Phi) is 2.88. The molecule has 0 aliphatic carbocycles. The highest BCUT2D eigenvalue weighted by atomic mass is 35.5. The minimum atomic E-state index is -0.559. The van der Waals surface area contributed by atoms with Gasteiger partial charge in [0.15, 0.2) is 0 Å². The third-order valence-electron chi connectivity index (χ3n) is 0.963. The van der Waals surface area contributed by atoms with Gasteiger partial charge in [-0.05, 0) is 12.1 Å². The summed E-state index contributed by atoms with van der Waals surface area (Å²) in [6, 6.07) is 3.22. The van der Waals surface area contributed by atoms with E-state index >= 15 is 0 Å². The molecule has 0 saturated carbocycles. The molecule has 12 heavy (non-hydrogen) atoms. The number of rotatable bonds is 2. The van der Waals surface area contributed by atoms with Gasteiger partial charge in [-0.25, -0.2) is 14.7 Å². The van der Waals surface area contributed by atoms with Gasteiger partial charge in [0.2, 0.25) is 0 Å². The van der Waals surface area contributed by atoms with Crippen LogP contribution in [0.3, 0.4) is 0 Å². The Labute approximate surface area is 74.0 Å². The van der Waals surface area contributed by atoms with Crippen molar-refractivity contribution in [2.75, 3.05) is 0 Å². The van der Waals surface area contributed by atoms with E-state index in [1.54, 1.807) is 12.1 Å². The molecule has 1 aromatic heterocycles. The summed E-state index contributed by atoms with van der Waals surface area (Å²) in [5, 5.41) is 0.291. The van der Waals surface area contributed by atoms with Gasteiger partial charge in [-0.3, -0.25) is 4.89 Å². The molecule has 1 rings (SSSR count). The first-order valence-corrected chi connectivity index (χ1v) is 3.53. The molecule has 0 saturated heterocycles. The zero-order chi connectivity index (χ0) is 8.97. The standard InChI is InChI=1S/C7H6ClNO3/c1-5(10)11-12-7-6(8)3-2-4-9-7/h2-4H,1H3. The molecule has 5 heteroatoms. The summed E-state index contributed by atoms with van der Waals surface area (Å²) in [5.41, 5.74) is 0. The van der Waals surface area contributed by atoms with E-state index in [1.807, 2.05) is 0 Å². The average Bonchev–Trinajstić information content (AvgIpc) is 2.03. The Bertz CT molecular complexity index is 290. The number of aromatic nitrogens is 1. The molecule has 0 unspecified atom stereocenters. The van der Waals surface area contributed by atoms with E-state index in [9.17, 15) is 4.79 Å². The van der Waals surface area contributed by atoms with Crippen molar-refractivity contribution in [3.05, 3.63) is 23.4 Å². The van der Waals surface area contributed by atoms with E-state index < -0.39 is 5.97 Å². The Balaban J connectivity index is 2.63. The number of carbonyl (C=O) groups is 1. The predicted octanol–water partition coefficient (Wildman–Crippen LogP) is 1.59. The molecule has 0 aromatic carbocycles. The molecule has 0 bridgehead atoms. The SMILES string of the molecule is CC(=O)OOc1ncccc1Cl. The molecular formula is C7H6ClNO3. The van der Waals surface area contributed by atoms with Gasteiger partial charge in [0.25, 0.3) is 5.88 Å². The van der Waals surface area contributed by atoms with Crippen LogP contribution in [0.4, 0.5) is 0 Å². The Morgan fingerprint density at radius 3 is 3.00 bits per heavy atom. The van der Waals surface area contributed by atoms with E-state index in [-0.39, 0.29) is 5.88 Å². The topological polar surface area (TPSA) is 48.4 Å². The summed E-state index contributed by atoms with van der Waals surface area (Å²) < 4.78 is 0.